The van der Waals surface area contributed by atoms with Gasteiger partial charge in [0.2, 0.25) is 0 Å². The quantitative estimate of drug-likeness (QED) is 0.868. The Morgan fingerprint density at radius 2 is 2.18 bits per heavy atom. The van der Waals surface area contributed by atoms with Gasteiger partial charge in [0.15, 0.2) is 11.6 Å². The summed E-state index contributed by atoms with van der Waals surface area (Å²) in [5, 5.41) is 2.93. The summed E-state index contributed by atoms with van der Waals surface area (Å²) in [6.45, 7) is 6.33. The van der Waals surface area contributed by atoms with Crippen molar-refractivity contribution in [2.75, 3.05) is 40.0 Å². The van der Waals surface area contributed by atoms with Crippen LogP contribution in [0.2, 0.25) is 0 Å². The van der Waals surface area contributed by atoms with Crippen LogP contribution in [0.5, 0.6) is 5.75 Å². The first kappa shape index (κ1) is 16.7. The van der Waals surface area contributed by atoms with E-state index >= 15 is 0 Å². The molecule has 0 unspecified atom stereocenters. The van der Waals surface area contributed by atoms with E-state index in [9.17, 15) is 9.18 Å². The van der Waals surface area contributed by atoms with Crippen LogP contribution in [-0.2, 0) is 4.74 Å². The van der Waals surface area contributed by atoms with Crippen LogP contribution in [0.15, 0.2) is 18.2 Å². The zero-order chi connectivity index (χ0) is 15.9. The highest BCUT2D eigenvalue weighted by Gasteiger charge is 2.15. The normalized spacial score (nSPS) is 17.0. The number of rotatable bonds is 6. The molecule has 0 aliphatic carbocycles. The Bertz CT molecular complexity index is 504. The SMILES string of the molecule is COc1cc(C(=O)N[C@H](C)CCN2CCOCC2)ccc1F. The van der Waals surface area contributed by atoms with E-state index in [0.717, 1.165) is 39.3 Å². The molecule has 1 amide bonds. The highest BCUT2D eigenvalue weighted by atomic mass is 19.1. The van der Waals surface area contributed by atoms with E-state index in [1.54, 1.807) is 0 Å². The number of ether oxygens (including phenoxy) is 2. The molecule has 0 saturated carbocycles. The third kappa shape index (κ3) is 4.68. The van der Waals surface area contributed by atoms with E-state index in [1.807, 2.05) is 6.92 Å². The first-order chi connectivity index (χ1) is 10.6. The number of carbonyl (C=O) groups is 1. The second kappa shape index (κ2) is 8.10. The molecule has 0 bridgehead atoms. The lowest BCUT2D eigenvalue weighted by atomic mass is 10.1. The maximum Gasteiger partial charge on any atom is 0.251 e. The second-order valence-corrected chi connectivity index (χ2v) is 5.47. The van der Waals surface area contributed by atoms with E-state index in [4.69, 9.17) is 9.47 Å². The lowest BCUT2D eigenvalue weighted by Crippen LogP contribution is -2.40. The Morgan fingerprint density at radius 1 is 1.45 bits per heavy atom. The van der Waals surface area contributed by atoms with Crippen molar-refractivity contribution in [2.24, 2.45) is 0 Å². The molecule has 0 spiro atoms. The number of hydrogen-bond acceptors (Lipinski definition) is 4. The summed E-state index contributed by atoms with van der Waals surface area (Å²) in [5.74, 6) is -0.610. The molecule has 2 rings (SSSR count). The van der Waals surface area contributed by atoms with Crippen molar-refractivity contribution in [3.05, 3.63) is 29.6 Å². The minimum atomic E-state index is -0.473. The van der Waals surface area contributed by atoms with Crippen LogP contribution in [0.1, 0.15) is 23.7 Å². The van der Waals surface area contributed by atoms with Gasteiger partial charge in [-0.15, -0.1) is 0 Å². The molecule has 1 aromatic rings. The third-order valence-electron chi connectivity index (χ3n) is 3.77. The average Bonchev–Trinajstić information content (AvgIpc) is 2.54. The van der Waals surface area contributed by atoms with E-state index in [1.165, 1.54) is 25.3 Å². The predicted molar refractivity (Wildman–Crippen MR) is 81.8 cm³/mol. The highest BCUT2D eigenvalue weighted by molar-refractivity contribution is 5.94. The Morgan fingerprint density at radius 3 is 2.86 bits per heavy atom. The first-order valence-electron chi connectivity index (χ1n) is 7.54. The van der Waals surface area contributed by atoms with Crippen LogP contribution < -0.4 is 10.1 Å². The van der Waals surface area contributed by atoms with Crippen LogP contribution in [0, 0.1) is 5.82 Å². The topological polar surface area (TPSA) is 50.8 Å². The van der Waals surface area contributed by atoms with Gasteiger partial charge in [0.05, 0.1) is 20.3 Å². The molecule has 5 nitrogen and oxygen atoms in total. The molecular formula is C16H23FN2O3. The standard InChI is InChI=1S/C16H23FN2O3/c1-12(5-6-19-7-9-22-10-8-19)18-16(20)13-3-4-14(17)15(11-13)21-2/h3-4,11-12H,5-10H2,1-2H3,(H,18,20)/t12-/m1/s1. The average molecular weight is 310 g/mol. The van der Waals surface area contributed by atoms with Crippen molar-refractivity contribution < 1.29 is 18.7 Å². The Labute approximate surface area is 130 Å². The molecule has 0 radical (unpaired) electrons. The van der Waals surface area contributed by atoms with Crippen LogP contribution >= 0.6 is 0 Å². The van der Waals surface area contributed by atoms with Crippen LogP contribution in [0.4, 0.5) is 4.39 Å². The summed E-state index contributed by atoms with van der Waals surface area (Å²) >= 11 is 0. The Kier molecular flexibility index (Phi) is 6.15. The van der Waals surface area contributed by atoms with E-state index < -0.39 is 5.82 Å². The minimum Gasteiger partial charge on any atom is -0.494 e. The van der Waals surface area contributed by atoms with Crippen molar-refractivity contribution in [3.8, 4) is 5.75 Å². The van der Waals surface area contributed by atoms with Crippen molar-refractivity contribution in [3.63, 3.8) is 0 Å². The maximum atomic E-state index is 13.4. The van der Waals surface area contributed by atoms with Crippen LogP contribution in [0.25, 0.3) is 0 Å². The fourth-order valence-electron chi connectivity index (χ4n) is 2.38. The van der Waals surface area contributed by atoms with Crippen molar-refractivity contribution in [1.29, 1.82) is 0 Å². The lowest BCUT2D eigenvalue weighted by molar-refractivity contribution is 0.0363. The summed E-state index contributed by atoms with van der Waals surface area (Å²) in [7, 11) is 1.38. The molecule has 1 N–H and O–H groups in total. The molecule has 1 aromatic carbocycles. The molecule has 22 heavy (non-hydrogen) atoms. The molecule has 0 aromatic heterocycles. The van der Waals surface area contributed by atoms with Gasteiger partial charge in [-0.1, -0.05) is 0 Å². The molecular weight excluding hydrogens is 287 g/mol. The molecule has 1 atom stereocenters. The number of carbonyl (C=O) groups excluding carboxylic acids is 1. The largest absolute Gasteiger partial charge is 0.494 e. The molecule has 122 valence electrons. The van der Waals surface area contributed by atoms with Gasteiger partial charge >= 0.3 is 0 Å². The molecule has 1 aliphatic heterocycles. The zero-order valence-corrected chi connectivity index (χ0v) is 13.1. The summed E-state index contributed by atoms with van der Waals surface area (Å²) in [4.78, 5) is 14.5. The van der Waals surface area contributed by atoms with Gasteiger partial charge in [-0.25, -0.2) is 4.39 Å². The van der Waals surface area contributed by atoms with Gasteiger partial charge in [0.25, 0.3) is 5.91 Å². The summed E-state index contributed by atoms with van der Waals surface area (Å²) in [5.41, 5.74) is 0.400. The first-order valence-corrected chi connectivity index (χ1v) is 7.54. The summed E-state index contributed by atoms with van der Waals surface area (Å²) in [6, 6.07) is 4.17. The zero-order valence-electron chi connectivity index (χ0n) is 13.1. The predicted octanol–water partition coefficient (Wildman–Crippen LogP) is 1.67. The van der Waals surface area contributed by atoms with Crippen molar-refractivity contribution in [2.45, 2.75) is 19.4 Å². The van der Waals surface area contributed by atoms with Gasteiger partial charge < -0.3 is 14.8 Å². The summed E-state index contributed by atoms with van der Waals surface area (Å²) < 4.78 is 23.6. The van der Waals surface area contributed by atoms with Crippen LogP contribution in [-0.4, -0.2) is 56.8 Å². The molecule has 6 heteroatoms. The number of methoxy groups -OCH3 is 1. The highest BCUT2D eigenvalue weighted by Crippen LogP contribution is 2.18. The number of amides is 1. The number of morpholine rings is 1. The Balaban J connectivity index is 1.82. The number of hydrogen-bond donors (Lipinski definition) is 1. The fraction of sp³-hybridized carbons (Fsp3) is 0.562. The number of nitrogens with zero attached hydrogens (tertiary/aromatic N) is 1. The Hall–Kier alpha value is -1.66. The van der Waals surface area contributed by atoms with E-state index in [-0.39, 0.29) is 17.7 Å². The van der Waals surface area contributed by atoms with Gasteiger partial charge in [-0.3, -0.25) is 9.69 Å². The number of benzene rings is 1. The summed E-state index contributed by atoms with van der Waals surface area (Å²) in [6.07, 6.45) is 0.865. The van der Waals surface area contributed by atoms with Gasteiger partial charge in [0, 0.05) is 31.2 Å². The van der Waals surface area contributed by atoms with Crippen LogP contribution in [0.3, 0.4) is 0 Å². The van der Waals surface area contributed by atoms with E-state index in [0.29, 0.717) is 5.56 Å². The smallest absolute Gasteiger partial charge is 0.251 e. The maximum absolute atomic E-state index is 13.4. The number of nitrogens with one attached hydrogen (secondary N) is 1. The molecule has 1 heterocycles. The molecule has 1 saturated heterocycles. The van der Waals surface area contributed by atoms with Gasteiger partial charge in [-0.2, -0.15) is 0 Å². The van der Waals surface area contributed by atoms with Gasteiger partial charge in [-0.05, 0) is 31.5 Å². The third-order valence-corrected chi connectivity index (χ3v) is 3.77. The van der Waals surface area contributed by atoms with Crippen molar-refractivity contribution >= 4 is 5.91 Å². The van der Waals surface area contributed by atoms with Gasteiger partial charge in [0.1, 0.15) is 0 Å². The number of halogens is 1. The molecule has 1 aliphatic rings. The second-order valence-electron chi connectivity index (χ2n) is 5.47. The monoisotopic (exact) mass is 310 g/mol. The van der Waals surface area contributed by atoms with E-state index in [2.05, 4.69) is 10.2 Å². The van der Waals surface area contributed by atoms with Crippen molar-refractivity contribution in [1.82, 2.24) is 10.2 Å². The minimum absolute atomic E-state index is 0.0476. The lowest BCUT2D eigenvalue weighted by Gasteiger charge is -2.27. The fourth-order valence-corrected chi connectivity index (χ4v) is 2.38. The molecule has 1 fully saturated rings.